The van der Waals surface area contributed by atoms with Gasteiger partial charge in [0.15, 0.2) is 0 Å². The van der Waals surface area contributed by atoms with Gasteiger partial charge in [0, 0.05) is 12.3 Å². The van der Waals surface area contributed by atoms with E-state index >= 15 is 0 Å². The summed E-state index contributed by atoms with van der Waals surface area (Å²) in [6, 6.07) is 8.66. The third kappa shape index (κ3) is 4.52. The number of Topliss-reactive ketones (excluding diaryl/α,β-unsaturated/α-hetero) is 1. The van der Waals surface area contributed by atoms with Crippen LogP contribution in [-0.4, -0.2) is 27.9 Å². The Morgan fingerprint density at radius 1 is 1.09 bits per heavy atom. The minimum atomic E-state index is -1.32. The summed E-state index contributed by atoms with van der Waals surface area (Å²) in [5.41, 5.74) is 0.347. The monoisotopic (exact) mass is 316 g/mol. The van der Waals surface area contributed by atoms with E-state index in [-0.39, 0.29) is 23.7 Å². The lowest BCUT2D eigenvalue weighted by atomic mass is 9.87. The van der Waals surface area contributed by atoms with Gasteiger partial charge in [-0.2, -0.15) is 0 Å². The Morgan fingerprint density at radius 3 is 2.22 bits per heavy atom. The highest BCUT2D eigenvalue weighted by atomic mass is 16.4. The normalized spacial score (nSPS) is 17.0. The molecule has 1 fully saturated rings. The molecule has 23 heavy (non-hydrogen) atoms. The molecule has 1 aromatic rings. The summed E-state index contributed by atoms with van der Waals surface area (Å²) in [6.45, 7) is 0. The van der Waals surface area contributed by atoms with Crippen LogP contribution in [0.5, 0.6) is 0 Å². The molecule has 1 aliphatic carbocycles. The lowest BCUT2D eigenvalue weighted by molar-refractivity contribution is -0.145. The second-order valence-electron chi connectivity index (χ2n) is 5.86. The quantitative estimate of drug-likeness (QED) is 0.754. The zero-order valence-electron chi connectivity index (χ0n) is 12.8. The first kappa shape index (κ1) is 16.9. The van der Waals surface area contributed by atoms with Crippen LogP contribution in [0.1, 0.15) is 37.7 Å². The molecule has 0 aliphatic heterocycles. The summed E-state index contributed by atoms with van der Waals surface area (Å²) in [7, 11) is 0. The van der Waals surface area contributed by atoms with Crippen molar-refractivity contribution >= 4 is 23.8 Å². The van der Waals surface area contributed by atoms with Gasteiger partial charge < -0.3 is 10.2 Å². The lowest BCUT2D eigenvalue weighted by Crippen LogP contribution is -2.26. The fourth-order valence-electron chi connectivity index (χ4n) is 2.99. The Labute approximate surface area is 134 Å². The highest BCUT2D eigenvalue weighted by molar-refractivity contribution is 6.00. The van der Waals surface area contributed by atoms with Crippen molar-refractivity contribution in [3.63, 3.8) is 0 Å². The van der Waals surface area contributed by atoms with Crippen molar-refractivity contribution < 1.29 is 24.6 Å². The first-order chi connectivity index (χ1) is 11.0. The van der Waals surface area contributed by atoms with Crippen LogP contribution in [0.2, 0.25) is 0 Å². The summed E-state index contributed by atoms with van der Waals surface area (Å²) in [5, 5.41) is 18.8. The third-order valence-electron chi connectivity index (χ3n) is 4.26. The molecule has 2 N–H and O–H groups in total. The van der Waals surface area contributed by atoms with Gasteiger partial charge in [0.05, 0.1) is 11.5 Å². The maximum atomic E-state index is 12.3. The molecule has 0 radical (unpaired) electrons. The molecule has 0 saturated heterocycles. The van der Waals surface area contributed by atoms with Crippen molar-refractivity contribution in [2.45, 2.75) is 32.1 Å². The Morgan fingerprint density at radius 2 is 1.70 bits per heavy atom. The van der Waals surface area contributed by atoms with Gasteiger partial charge in [-0.3, -0.25) is 9.59 Å². The highest BCUT2D eigenvalue weighted by Gasteiger charge is 2.33. The number of hydrogen-bond donors (Lipinski definition) is 2. The highest BCUT2D eigenvalue weighted by Crippen LogP contribution is 2.29. The van der Waals surface area contributed by atoms with Crippen LogP contribution in [0.3, 0.4) is 0 Å². The molecule has 122 valence electrons. The van der Waals surface area contributed by atoms with E-state index in [0.717, 1.165) is 25.7 Å². The number of benzene rings is 1. The van der Waals surface area contributed by atoms with Crippen LogP contribution in [-0.2, 0) is 14.4 Å². The summed E-state index contributed by atoms with van der Waals surface area (Å²) in [5.74, 6) is -4.17. The Balaban J connectivity index is 2.25. The summed E-state index contributed by atoms with van der Waals surface area (Å²) in [6.07, 6.45) is 4.57. The molecule has 0 aromatic heterocycles. The molecule has 0 spiro atoms. The maximum Gasteiger partial charge on any atom is 0.332 e. The second kappa shape index (κ2) is 7.72. The second-order valence-corrected chi connectivity index (χ2v) is 5.86. The van der Waals surface area contributed by atoms with Gasteiger partial charge in [0.1, 0.15) is 5.78 Å². The van der Waals surface area contributed by atoms with Gasteiger partial charge >= 0.3 is 11.9 Å². The largest absolute Gasteiger partial charge is 0.481 e. The first-order valence-electron chi connectivity index (χ1n) is 7.74. The van der Waals surface area contributed by atoms with Crippen LogP contribution in [0, 0.1) is 11.8 Å². The van der Waals surface area contributed by atoms with Crippen molar-refractivity contribution in [1.82, 2.24) is 0 Å². The van der Waals surface area contributed by atoms with Crippen LogP contribution in [0.4, 0.5) is 0 Å². The first-order valence-corrected chi connectivity index (χ1v) is 7.74. The van der Waals surface area contributed by atoms with Crippen LogP contribution >= 0.6 is 0 Å². The van der Waals surface area contributed by atoms with E-state index in [1.807, 2.05) is 0 Å². The molecule has 5 nitrogen and oxygen atoms in total. The van der Waals surface area contributed by atoms with E-state index in [9.17, 15) is 24.6 Å². The Kier molecular flexibility index (Phi) is 5.68. The van der Waals surface area contributed by atoms with Crippen LogP contribution in [0.15, 0.2) is 35.9 Å². The molecule has 0 bridgehead atoms. The van der Waals surface area contributed by atoms with Gasteiger partial charge in [0.25, 0.3) is 0 Å². The van der Waals surface area contributed by atoms with Crippen molar-refractivity contribution in [3.8, 4) is 0 Å². The Bertz CT molecular complexity index is 612. The number of carbonyl (C=O) groups excluding carboxylic acids is 1. The van der Waals surface area contributed by atoms with Crippen molar-refractivity contribution in [3.05, 3.63) is 41.5 Å². The molecule has 0 heterocycles. The summed E-state index contributed by atoms with van der Waals surface area (Å²) < 4.78 is 0. The van der Waals surface area contributed by atoms with Crippen molar-refractivity contribution in [1.29, 1.82) is 0 Å². The molecule has 1 aromatic carbocycles. The zero-order chi connectivity index (χ0) is 16.8. The molecule has 1 atom stereocenters. The number of ketones is 1. The number of carboxylic acids is 2. The van der Waals surface area contributed by atoms with E-state index in [1.165, 1.54) is 6.08 Å². The standard InChI is InChI=1S/C18H20O5/c19-16(13-8-4-5-9-13)11-15(18(22)23)14(17(20)21)10-12-6-2-1-3-7-12/h1-3,6-7,10,13,15H,4-5,8-9,11H2,(H,20,21)(H,22,23). The van der Waals surface area contributed by atoms with E-state index in [2.05, 4.69) is 0 Å². The van der Waals surface area contributed by atoms with E-state index in [1.54, 1.807) is 30.3 Å². The molecule has 1 saturated carbocycles. The Hall–Kier alpha value is -2.43. The van der Waals surface area contributed by atoms with Gasteiger partial charge in [0.2, 0.25) is 0 Å². The number of rotatable bonds is 7. The van der Waals surface area contributed by atoms with E-state index in [4.69, 9.17) is 0 Å². The van der Waals surface area contributed by atoms with Gasteiger partial charge in [-0.1, -0.05) is 43.2 Å². The van der Waals surface area contributed by atoms with Crippen molar-refractivity contribution in [2.24, 2.45) is 11.8 Å². The van der Waals surface area contributed by atoms with Gasteiger partial charge in [-0.05, 0) is 24.5 Å². The number of aliphatic carboxylic acids is 2. The molecule has 2 rings (SSSR count). The van der Waals surface area contributed by atoms with Crippen LogP contribution in [0.25, 0.3) is 6.08 Å². The summed E-state index contributed by atoms with van der Waals surface area (Å²) in [4.78, 5) is 35.3. The topological polar surface area (TPSA) is 91.7 Å². The predicted molar refractivity (Wildman–Crippen MR) is 84.8 cm³/mol. The van der Waals surface area contributed by atoms with E-state index in [0.29, 0.717) is 5.56 Å². The lowest BCUT2D eigenvalue weighted by Gasteiger charge is -2.15. The predicted octanol–water partition coefficient (Wildman–Crippen LogP) is 3.00. The van der Waals surface area contributed by atoms with Gasteiger partial charge in [-0.15, -0.1) is 0 Å². The average Bonchev–Trinajstić information content (AvgIpc) is 3.05. The number of carbonyl (C=O) groups is 3. The van der Waals surface area contributed by atoms with E-state index < -0.39 is 17.9 Å². The van der Waals surface area contributed by atoms with Crippen LogP contribution < -0.4 is 0 Å². The number of hydrogen-bond acceptors (Lipinski definition) is 3. The smallest absolute Gasteiger partial charge is 0.332 e. The molecule has 0 amide bonds. The minimum absolute atomic E-state index is 0.122. The molecule has 1 aliphatic rings. The fourth-order valence-corrected chi connectivity index (χ4v) is 2.99. The van der Waals surface area contributed by atoms with Gasteiger partial charge in [-0.25, -0.2) is 4.79 Å². The maximum absolute atomic E-state index is 12.3. The molecule has 1 unspecified atom stereocenters. The third-order valence-corrected chi connectivity index (χ3v) is 4.26. The zero-order valence-corrected chi connectivity index (χ0v) is 12.8. The molecule has 5 heteroatoms. The SMILES string of the molecule is O=C(O)C(=Cc1ccccc1)C(CC(=O)C1CCCC1)C(=O)O. The number of carboxylic acid groups (broad SMARTS) is 2. The molecular weight excluding hydrogens is 296 g/mol. The fraction of sp³-hybridized carbons (Fsp3) is 0.389. The summed E-state index contributed by atoms with van der Waals surface area (Å²) >= 11 is 0. The minimum Gasteiger partial charge on any atom is -0.481 e. The average molecular weight is 316 g/mol. The van der Waals surface area contributed by atoms with Crippen molar-refractivity contribution in [2.75, 3.05) is 0 Å². The molecular formula is C18H20O5.